The van der Waals surface area contributed by atoms with Crippen molar-refractivity contribution in [2.45, 2.75) is 52.5 Å². The second-order valence-corrected chi connectivity index (χ2v) is 7.29. The smallest absolute Gasteiger partial charge is 0.137 e. The molecule has 0 N–H and O–H groups in total. The van der Waals surface area contributed by atoms with Gasteiger partial charge in [0, 0.05) is 43.7 Å². The molecule has 0 bridgehead atoms. The van der Waals surface area contributed by atoms with Crippen LogP contribution >= 0.6 is 11.6 Å². The zero-order valence-electron chi connectivity index (χ0n) is 13.9. The van der Waals surface area contributed by atoms with Crippen molar-refractivity contribution in [3.05, 3.63) is 17.0 Å². The molecule has 0 saturated carbocycles. The summed E-state index contributed by atoms with van der Waals surface area (Å²) in [5, 5.41) is 0.536. The average molecular weight is 311 g/mol. The fourth-order valence-corrected chi connectivity index (χ4v) is 2.73. The summed E-state index contributed by atoms with van der Waals surface area (Å²) in [6, 6.07) is 2.54. The van der Waals surface area contributed by atoms with Crippen molar-refractivity contribution in [3.63, 3.8) is 0 Å². The molecule has 0 amide bonds. The van der Waals surface area contributed by atoms with Crippen molar-refractivity contribution in [2.75, 3.05) is 31.1 Å². The highest BCUT2D eigenvalue weighted by Gasteiger charge is 2.24. The third-order valence-corrected chi connectivity index (χ3v) is 4.40. The van der Waals surface area contributed by atoms with E-state index >= 15 is 0 Å². The highest BCUT2D eigenvalue weighted by molar-refractivity contribution is 6.29. The number of piperazine rings is 1. The van der Waals surface area contributed by atoms with Crippen LogP contribution in [0.25, 0.3) is 0 Å². The monoisotopic (exact) mass is 310 g/mol. The molecule has 118 valence electrons. The number of nitrogens with zero attached hydrogens (tertiary/aromatic N) is 4. The first-order chi connectivity index (χ1) is 9.81. The Kier molecular flexibility index (Phi) is 5.10. The Morgan fingerprint density at radius 1 is 1.19 bits per heavy atom. The molecule has 1 fully saturated rings. The van der Waals surface area contributed by atoms with Gasteiger partial charge in [-0.05, 0) is 13.3 Å². The second-order valence-electron chi connectivity index (χ2n) is 6.90. The molecule has 1 saturated heterocycles. The molecule has 2 rings (SSSR count). The third kappa shape index (κ3) is 4.07. The van der Waals surface area contributed by atoms with Gasteiger partial charge in [0.25, 0.3) is 0 Å². The van der Waals surface area contributed by atoms with Crippen LogP contribution in [0.1, 0.15) is 46.9 Å². The predicted octanol–water partition coefficient (Wildman–Crippen LogP) is 3.35. The minimum atomic E-state index is -0.0851. The van der Waals surface area contributed by atoms with Crippen LogP contribution in [0, 0.1) is 0 Å². The summed E-state index contributed by atoms with van der Waals surface area (Å²) in [5.41, 5.74) is -0.0851. The van der Waals surface area contributed by atoms with Crippen LogP contribution in [0.15, 0.2) is 6.07 Å². The number of hydrogen-bond donors (Lipinski definition) is 0. The molecule has 1 aliphatic rings. The molecule has 0 aromatic carbocycles. The predicted molar refractivity (Wildman–Crippen MR) is 89.3 cm³/mol. The van der Waals surface area contributed by atoms with E-state index in [9.17, 15) is 0 Å². The first-order valence-electron chi connectivity index (χ1n) is 7.85. The van der Waals surface area contributed by atoms with Crippen molar-refractivity contribution >= 4 is 17.4 Å². The van der Waals surface area contributed by atoms with Gasteiger partial charge in [0.15, 0.2) is 0 Å². The van der Waals surface area contributed by atoms with Crippen LogP contribution in [-0.4, -0.2) is 47.1 Å². The molecule has 2 heterocycles. The molecule has 1 aliphatic heterocycles. The van der Waals surface area contributed by atoms with Crippen molar-refractivity contribution in [2.24, 2.45) is 0 Å². The van der Waals surface area contributed by atoms with Gasteiger partial charge in [-0.1, -0.05) is 39.3 Å². The molecule has 1 aromatic rings. The Bertz CT molecular complexity index is 476. The van der Waals surface area contributed by atoms with Crippen molar-refractivity contribution in [1.82, 2.24) is 14.9 Å². The van der Waals surface area contributed by atoms with Crippen molar-refractivity contribution in [3.8, 4) is 0 Å². The van der Waals surface area contributed by atoms with Gasteiger partial charge in [0.2, 0.25) is 0 Å². The molecule has 4 nitrogen and oxygen atoms in total. The van der Waals surface area contributed by atoms with Gasteiger partial charge in [-0.15, -0.1) is 0 Å². The van der Waals surface area contributed by atoms with E-state index in [0.29, 0.717) is 11.2 Å². The first-order valence-corrected chi connectivity index (χ1v) is 8.23. The molecule has 1 atom stereocenters. The number of anilines is 1. The molecule has 1 aromatic heterocycles. The standard InChI is InChI=1S/C16H27ClN4/c1-6-12(2)20-7-9-21(10-8-20)14-11-13(17)18-15(19-14)16(3,4)5/h11-12H,6-10H2,1-5H3. The van der Waals surface area contributed by atoms with Crippen LogP contribution in [0.2, 0.25) is 5.15 Å². The summed E-state index contributed by atoms with van der Waals surface area (Å²) in [6.07, 6.45) is 1.20. The van der Waals surface area contributed by atoms with E-state index in [1.807, 2.05) is 6.07 Å². The lowest BCUT2D eigenvalue weighted by Crippen LogP contribution is -2.49. The zero-order chi connectivity index (χ0) is 15.6. The minimum Gasteiger partial charge on any atom is -0.354 e. The lowest BCUT2D eigenvalue weighted by Gasteiger charge is -2.38. The van der Waals surface area contributed by atoms with E-state index in [1.54, 1.807) is 0 Å². The van der Waals surface area contributed by atoms with Crippen molar-refractivity contribution < 1.29 is 0 Å². The molecule has 5 heteroatoms. The molecule has 1 unspecified atom stereocenters. The van der Waals surface area contributed by atoms with Crippen LogP contribution in [0.3, 0.4) is 0 Å². The summed E-state index contributed by atoms with van der Waals surface area (Å²) >= 11 is 6.19. The molecule has 0 radical (unpaired) electrons. The van der Waals surface area contributed by atoms with E-state index in [4.69, 9.17) is 16.6 Å². The number of hydrogen-bond acceptors (Lipinski definition) is 4. The SMILES string of the molecule is CCC(C)N1CCN(c2cc(Cl)nc(C(C)(C)C)n2)CC1. The van der Waals surface area contributed by atoms with Gasteiger partial charge >= 0.3 is 0 Å². The largest absolute Gasteiger partial charge is 0.354 e. The molecule has 0 aliphatic carbocycles. The minimum absolute atomic E-state index is 0.0851. The van der Waals surface area contributed by atoms with Crippen LogP contribution < -0.4 is 4.90 Å². The van der Waals surface area contributed by atoms with Crippen LogP contribution in [-0.2, 0) is 5.41 Å². The van der Waals surface area contributed by atoms with Crippen LogP contribution in [0.4, 0.5) is 5.82 Å². The highest BCUT2D eigenvalue weighted by atomic mass is 35.5. The Morgan fingerprint density at radius 2 is 1.81 bits per heavy atom. The Morgan fingerprint density at radius 3 is 2.33 bits per heavy atom. The average Bonchev–Trinajstić information content (AvgIpc) is 2.45. The molecule has 0 spiro atoms. The molecule has 21 heavy (non-hydrogen) atoms. The fraction of sp³-hybridized carbons (Fsp3) is 0.750. The van der Waals surface area contributed by atoms with Gasteiger partial charge in [0.05, 0.1) is 0 Å². The summed E-state index contributed by atoms with van der Waals surface area (Å²) in [5.74, 6) is 1.78. The van der Waals surface area contributed by atoms with E-state index in [1.165, 1.54) is 6.42 Å². The summed E-state index contributed by atoms with van der Waals surface area (Å²) in [6.45, 7) is 15.1. The Hall–Kier alpha value is -0.870. The van der Waals surface area contributed by atoms with Gasteiger partial charge in [-0.25, -0.2) is 9.97 Å². The maximum absolute atomic E-state index is 6.19. The van der Waals surface area contributed by atoms with Gasteiger partial charge in [-0.2, -0.15) is 0 Å². The summed E-state index contributed by atoms with van der Waals surface area (Å²) in [4.78, 5) is 14.0. The highest BCUT2D eigenvalue weighted by Crippen LogP contribution is 2.25. The van der Waals surface area contributed by atoms with Crippen LogP contribution in [0.5, 0.6) is 0 Å². The number of rotatable bonds is 3. The van der Waals surface area contributed by atoms with Gasteiger partial charge in [-0.3, -0.25) is 4.90 Å². The van der Waals surface area contributed by atoms with E-state index in [-0.39, 0.29) is 5.41 Å². The molecular weight excluding hydrogens is 284 g/mol. The van der Waals surface area contributed by atoms with Crippen molar-refractivity contribution in [1.29, 1.82) is 0 Å². The maximum Gasteiger partial charge on any atom is 0.137 e. The lowest BCUT2D eigenvalue weighted by molar-refractivity contribution is 0.192. The van der Waals surface area contributed by atoms with E-state index in [2.05, 4.69) is 49.4 Å². The number of aromatic nitrogens is 2. The Labute approximate surface area is 133 Å². The third-order valence-electron chi connectivity index (χ3n) is 4.20. The summed E-state index contributed by atoms with van der Waals surface area (Å²) < 4.78 is 0. The Balaban J connectivity index is 2.12. The zero-order valence-corrected chi connectivity index (χ0v) is 14.6. The van der Waals surface area contributed by atoms with Gasteiger partial charge in [0.1, 0.15) is 16.8 Å². The summed E-state index contributed by atoms with van der Waals surface area (Å²) in [7, 11) is 0. The topological polar surface area (TPSA) is 32.3 Å². The van der Waals surface area contributed by atoms with E-state index < -0.39 is 0 Å². The normalized spacial score (nSPS) is 18.9. The quantitative estimate of drug-likeness (QED) is 0.802. The first kappa shape index (κ1) is 16.5. The fourth-order valence-electron chi connectivity index (χ4n) is 2.55. The lowest BCUT2D eigenvalue weighted by atomic mass is 9.96. The maximum atomic E-state index is 6.19. The van der Waals surface area contributed by atoms with Gasteiger partial charge < -0.3 is 4.90 Å². The number of halogens is 1. The van der Waals surface area contributed by atoms with E-state index in [0.717, 1.165) is 37.8 Å². The second kappa shape index (κ2) is 6.49. The molecular formula is C16H27ClN4.